The van der Waals surface area contributed by atoms with E-state index >= 15 is 0 Å². The summed E-state index contributed by atoms with van der Waals surface area (Å²) in [7, 11) is 0. The summed E-state index contributed by atoms with van der Waals surface area (Å²) in [6.07, 6.45) is 13.2. The van der Waals surface area contributed by atoms with Gasteiger partial charge in [0.2, 0.25) is 0 Å². The first-order valence-corrected chi connectivity index (χ1v) is 7.21. The van der Waals surface area contributed by atoms with E-state index in [-0.39, 0.29) is 0 Å². The molecule has 0 aliphatic heterocycles. The fraction of sp³-hybridized carbons (Fsp3) is 0.933. The van der Waals surface area contributed by atoms with Gasteiger partial charge in [0.1, 0.15) is 5.78 Å². The van der Waals surface area contributed by atoms with Crippen LogP contribution in [0.25, 0.3) is 0 Å². The van der Waals surface area contributed by atoms with E-state index < -0.39 is 0 Å². The minimum Gasteiger partial charge on any atom is -0.300 e. The molecule has 1 aliphatic carbocycles. The third-order valence-corrected chi connectivity index (χ3v) is 4.05. The van der Waals surface area contributed by atoms with Gasteiger partial charge in [-0.2, -0.15) is 0 Å². The molecule has 0 spiro atoms. The van der Waals surface area contributed by atoms with Crippen LogP contribution in [0.5, 0.6) is 0 Å². The molecule has 0 radical (unpaired) electrons. The van der Waals surface area contributed by atoms with E-state index in [0.717, 1.165) is 24.7 Å². The first-order chi connectivity index (χ1) is 7.72. The van der Waals surface area contributed by atoms with Crippen LogP contribution in [0.1, 0.15) is 78.1 Å². The third kappa shape index (κ3) is 5.67. The predicted octanol–water partition coefficient (Wildman–Crippen LogP) is 4.74. The number of hydrogen-bond donors (Lipinski definition) is 0. The van der Waals surface area contributed by atoms with Gasteiger partial charge in [-0.25, -0.2) is 0 Å². The molecule has 0 aromatic carbocycles. The fourth-order valence-corrected chi connectivity index (χ4v) is 3.02. The molecule has 0 aromatic heterocycles. The highest BCUT2D eigenvalue weighted by molar-refractivity contribution is 5.75. The predicted molar refractivity (Wildman–Crippen MR) is 69.5 cm³/mol. The van der Waals surface area contributed by atoms with Crippen molar-refractivity contribution in [3.05, 3.63) is 0 Å². The minimum absolute atomic E-state index is 0.353. The van der Waals surface area contributed by atoms with E-state index in [2.05, 4.69) is 6.92 Å². The Morgan fingerprint density at radius 3 is 2.06 bits per heavy atom. The molecule has 1 nitrogen and oxygen atoms in total. The Balaban J connectivity index is 2.01. The van der Waals surface area contributed by atoms with Crippen LogP contribution < -0.4 is 0 Å². The van der Waals surface area contributed by atoms with Gasteiger partial charge in [-0.3, -0.25) is 0 Å². The molecule has 1 aliphatic rings. The maximum Gasteiger partial charge on any atom is 0.129 e. The van der Waals surface area contributed by atoms with Gasteiger partial charge >= 0.3 is 0 Å². The second kappa shape index (κ2) is 7.86. The van der Waals surface area contributed by atoms with Crippen LogP contribution in [-0.2, 0) is 4.79 Å². The molecule has 1 saturated carbocycles. The Labute approximate surface area is 101 Å². The van der Waals surface area contributed by atoms with Crippen LogP contribution >= 0.6 is 0 Å². The zero-order chi connectivity index (χ0) is 11.8. The zero-order valence-electron chi connectivity index (χ0n) is 11.1. The number of hydrogen-bond acceptors (Lipinski definition) is 1. The molecule has 0 heterocycles. The Hall–Kier alpha value is -0.330. The molecule has 1 heteroatoms. The van der Waals surface area contributed by atoms with E-state index in [4.69, 9.17) is 0 Å². The van der Waals surface area contributed by atoms with E-state index in [1.165, 1.54) is 51.4 Å². The summed E-state index contributed by atoms with van der Waals surface area (Å²) in [6, 6.07) is 0. The van der Waals surface area contributed by atoms with Crippen LogP contribution in [0.2, 0.25) is 0 Å². The van der Waals surface area contributed by atoms with Crippen LogP contribution in [0, 0.1) is 11.8 Å². The van der Waals surface area contributed by atoms with Gasteiger partial charge in [-0.1, -0.05) is 58.3 Å². The first kappa shape index (κ1) is 13.7. The molecule has 94 valence electrons. The lowest BCUT2D eigenvalue weighted by Gasteiger charge is -2.28. The highest BCUT2D eigenvalue weighted by Gasteiger charge is 2.19. The van der Waals surface area contributed by atoms with Gasteiger partial charge < -0.3 is 4.79 Å². The van der Waals surface area contributed by atoms with Gasteiger partial charge in [0.15, 0.2) is 0 Å². The van der Waals surface area contributed by atoms with E-state index in [1.54, 1.807) is 6.92 Å². The highest BCUT2D eigenvalue weighted by atomic mass is 16.1. The van der Waals surface area contributed by atoms with Crippen LogP contribution in [0.4, 0.5) is 0 Å². The van der Waals surface area contributed by atoms with Crippen LogP contribution in [0.3, 0.4) is 0 Å². The third-order valence-electron chi connectivity index (χ3n) is 4.05. The van der Waals surface area contributed by atoms with Crippen molar-refractivity contribution >= 4 is 5.78 Å². The molecule has 0 bridgehead atoms. The summed E-state index contributed by atoms with van der Waals surface area (Å²) < 4.78 is 0. The number of unbranched alkanes of at least 4 members (excludes halogenated alkanes) is 1. The summed E-state index contributed by atoms with van der Waals surface area (Å²) in [4.78, 5) is 10.8. The van der Waals surface area contributed by atoms with Crippen molar-refractivity contribution in [1.29, 1.82) is 0 Å². The summed E-state index contributed by atoms with van der Waals surface area (Å²) in [6.45, 7) is 4.00. The largest absolute Gasteiger partial charge is 0.300 e. The van der Waals surface area contributed by atoms with E-state index in [0.29, 0.717) is 5.78 Å². The van der Waals surface area contributed by atoms with Crippen molar-refractivity contribution in [2.45, 2.75) is 78.1 Å². The minimum atomic E-state index is 0.353. The number of carbonyl (C=O) groups excluding carboxylic acids is 1. The average Bonchev–Trinajstić information content (AvgIpc) is 2.27. The Morgan fingerprint density at radius 1 is 1.00 bits per heavy atom. The molecule has 0 aromatic rings. The molecule has 0 atom stereocenters. The lowest BCUT2D eigenvalue weighted by atomic mass is 9.78. The SMILES string of the molecule is CCC[C@H]1CC[C@H](CCCCC(C)=O)CC1. The monoisotopic (exact) mass is 224 g/mol. The zero-order valence-corrected chi connectivity index (χ0v) is 11.1. The molecule has 0 N–H and O–H groups in total. The lowest BCUT2D eigenvalue weighted by molar-refractivity contribution is -0.117. The Morgan fingerprint density at radius 2 is 1.56 bits per heavy atom. The average molecular weight is 224 g/mol. The molecule has 1 rings (SSSR count). The molecule has 0 unspecified atom stereocenters. The van der Waals surface area contributed by atoms with Gasteiger partial charge in [-0.05, 0) is 25.2 Å². The smallest absolute Gasteiger partial charge is 0.129 e. The van der Waals surface area contributed by atoms with Crippen molar-refractivity contribution in [3.8, 4) is 0 Å². The Kier molecular flexibility index (Phi) is 6.75. The number of ketones is 1. The molecule has 1 fully saturated rings. The molecule has 0 amide bonds. The quantitative estimate of drug-likeness (QED) is 0.571. The Bertz CT molecular complexity index is 190. The highest BCUT2D eigenvalue weighted by Crippen LogP contribution is 2.34. The van der Waals surface area contributed by atoms with Crippen molar-refractivity contribution in [2.24, 2.45) is 11.8 Å². The van der Waals surface area contributed by atoms with Crippen LogP contribution in [-0.4, -0.2) is 5.78 Å². The standard InChI is InChI=1S/C15H28O/c1-3-6-14-9-11-15(12-10-14)8-5-4-7-13(2)16/h14-15H,3-12H2,1-2H3/t14-,15-. The second-order valence-corrected chi connectivity index (χ2v) is 5.62. The summed E-state index contributed by atoms with van der Waals surface area (Å²) in [5, 5.41) is 0. The van der Waals surface area contributed by atoms with Gasteiger partial charge in [0.05, 0.1) is 0 Å². The number of rotatable bonds is 7. The van der Waals surface area contributed by atoms with Crippen molar-refractivity contribution < 1.29 is 4.79 Å². The van der Waals surface area contributed by atoms with Gasteiger partial charge in [-0.15, -0.1) is 0 Å². The normalized spacial score (nSPS) is 25.6. The summed E-state index contributed by atoms with van der Waals surface area (Å²) >= 11 is 0. The first-order valence-electron chi connectivity index (χ1n) is 7.21. The summed E-state index contributed by atoms with van der Waals surface area (Å²) in [5.74, 6) is 2.35. The lowest BCUT2D eigenvalue weighted by Crippen LogP contribution is -2.14. The molecule has 0 saturated heterocycles. The molecular weight excluding hydrogens is 196 g/mol. The van der Waals surface area contributed by atoms with Gasteiger partial charge in [0.25, 0.3) is 0 Å². The van der Waals surface area contributed by atoms with Crippen molar-refractivity contribution in [3.63, 3.8) is 0 Å². The summed E-state index contributed by atoms with van der Waals surface area (Å²) in [5.41, 5.74) is 0. The van der Waals surface area contributed by atoms with Gasteiger partial charge in [0, 0.05) is 6.42 Å². The topological polar surface area (TPSA) is 17.1 Å². The van der Waals surface area contributed by atoms with E-state index in [1.807, 2.05) is 0 Å². The maximum absolute atomic E-state index is 10.8. The maximum atomic E-state index is 10.8. The van der Waals surface area contributed by atoms with Crippen LogP contribution in [0.15, 0.2) is 0 Å². The number of carbonyl (C=O) groups is 1. The fourth-order valence-electron chi connectivity index (χ4n) is 3.02. The number of Topliss-reactive ketones (excluding diaryl/α,β-unsaturated/α-hetero) is 1. The second-order valence-electron chi connectivity index (χ2n) is 5.62. The molecule has 16 heavy (non-hydrogen) atoms. The van der Waals surface area contributed by atoms with E-state index in [9.17, 15) is 4.79 Å². The molecular formula is C15H28O. The van der Waals surface area contributed by atoms with Crippen molar-refractivity contribution in [1.82, 2.24) is 0 Å². The van der Waals surface area contributed by atoms with Crippen molar-refractivity contribution in [2.75, 3.05) is 0 Å².